The molecule has 0 bridgehead atoms. The fourth-order valence-electron chi connectivity index (χ4n) is 1.52. The Bertz CT molecular complexity index is 565. The molecule has 0 aliphatic carbocycles. The molecule has 0 aliphatic rings. The third-order valence-electron chi connectivity index (χ3n) is 2.38. The SMILES string of the molecule is Nc1cc(Br)ccc1SCCOc1cccc(Cl)c1. The van der Waals surface area contributed by atoms with Gasteiger partial charge in [-0.25, -0.2) is 0 Å². The van der Waals surface area contributed by atoms with Crippen molar-refractivity contribution < 1.29 is 4.74 Å². The number of hydrogen-bond donors (Lipinski definition) is 1. The Labute approximate surface area is 130 Å². The molecule has 0 aromatic heterocycles. The van der Waals surface area contributed by atoms with E-state index in [1.165, 1.54) is 0 Å². The predicted molar refractivity (Wildman–Crippen MR) is 86.2 cm³/mol. The van der Waals surface area contributed by atoms with Gasteiger partial charge >= 0.3 is 0 Å². The Kier molecular flexibility index (Phi) is 5.43. The molecule has 2 N–H and O–H groups in total. The molecule has 2 nitrogen and oxygen atoms in total. The number of benzene rings is 2. The molecule has 2 aromatic carbocycles. The first kappa shape index (κ1) is 14.6. The fourth-order valence-corrected chi connectivity index (χ4v) is 2.85. The topological polar surface area (TPSA) is 35.2 Å². The third-order valence-corrected chi connectivity index (χ3v) is 4.16. The molecule has 0 fully saturated rings. The second-order valence-corrected chi connectivity index (χ2v) is 6.33. The Hall–Kier alpha value is -0.840. The molecule has 0 atom stereocenters. The molecule has 2 rings (SSSR count). The van der Waals surface area contributed by atoms with E-state index in [0.717, 1.165) is 26.6 Å². The molecule has 0 aliphatic heterocycles. The van der Waals surface area contributed by atoms with Crippen molar-refractivity contribution in [1.29, 1.82) is 0 Å². The van der Waals surface area contributed by atoms with E-state index in [-0.39, 0.29) is 0 Å². The van der Waals surface area contributed by atoms with Gasteiger partial charge in [0, 0.05) is 25.8 Å². The van der Waals surface area contributed by atoms with Crippen molar-refractivity contribution in [3.8, 4) is 5.75 Å². The standard InChI is InChI=1S/C14H13BrClNOS/c15-10-4-5-14(13(17)8-10)19-7-6-18-12-3-1-2-11(16)9-12/h1-5,8-9H,6-7,17H2. The summed E-state index contributed by atoms with van der Waals surface area (Å²) in [5.74, 6) is 1.62. The van der Waals surface area contributed by atoms with Gasteiger partial charge in [0.1, 0.15) is 5.75 Å². The van der Waals surface area contributed by atoms with E-state index >= 15 is 0 Å². The van der Waals surface area contributed by atoms with E-state index in [0.29, 0.717) is 11.6 Å². The highest BCUT2D eigenvalue weighted by Gasteiger charge is 2.01. The Balaban J connectivity index is 1.81. The molecule has 0 radical (unpaired) electrons. The second-order valence-electron chi connectivity index (χ2n) is 3.84. The molecule has 19 heavy (non-hydrogen) atoms. The van der Waals surface area contributed by atoms with Crippen LogP contribution in [-0.2, 0) is 0 Å². The number of hydrogen-bond acceptors (Lipinski definition) is 3. The molecule has 0 saturated heterocycles. The zero-order valence-corrected chi connectivity index (χ0v) is 13.3. The maximum absolute atomic E-state index is 5.93. The van der Waals surface area contributed by atoms with Crippen molar-refractivity contribution in [3.05, 3.63) is 52.0 Å². The minimum atomic E-state index is 0.612. The van der Waals surface area contributed by atoms with Crippen LogP contribution >= 0.6 is 39.3 Å². The molecule has 5 heteroatoms. The molecule has 0 unspecified atom stereocenters. The lowest BCUT2D eigenvalue weighted by molar-refractivity contribution is 0.344. The Morgan fingerprint density at radius 1 is 1.21 bits per heavy atom. The van der Waals surface area contributed by atoms with Crippen LogP contribution in [0.25, 0.3) is 0 Å². The van der Waals surface area contributed by atoms with Gasteiger partial charge in [0.25, 0.3) is 0 Å². The lowest BCUT2D eigenvalue weighted by atomic mass is 10.3. The van der Waals surface area contributed by atoms with Gasteiger partial charge in [-0.15, -0.1) is 11.8 Å². The molecule has 0 heterocycles. The van der Waals surface area contributed by atoms with Crippen molar-refractivity contribution in [2.24, 2.45) is 0 Å². The summed E-state index contributed by atoms with van der Waals surface area (Å²) in [7, 11) is 0. The van der Waals surface area contributed by atoms with Crippen molar-refractivity contribution in [1.82, 2.24) is 0 Å². The first-order chi connectivity index (χ1) is 9.15. The largest absolute Gasteiger partial charge is 0.493 e. The van der Waals surface area contributed by atoms with Gasteiger partial charge in [0.05, 0.1) is 6.61 Å². The number of anilines is 1. The summed E-state index contributed by atoms with van der Waals surface area (Å²) in [6, 6.07) is 13.3. The van der Waals surface area contributed by atoms with Gasteiger partial charge < -0.3 is 10.5 Å². The molecule has 0 saturated carbocycles. The first-order valence-electron chi connectivity index (χ1n) is 5.71. The van der Waals surface area contributed by atoms with Gasteiger partial charge in [-0.05, 0) is 36.4 Å². The Morgan fingerprint density at radius 2 is 2.05 bits per heavy atom. The summed E-state index contributed by atoms with van der Waals surface area (Å²) in [4.78, 5) is 1.07. The number of rotatable bonds is 5. The van der Waals surface area contributed by atoms with Crippen LogP contribution in [0.15, 0.2) is 51.8 Å². The van der Waals surface area contributed by atoms with Gasteiger partial charge in [-0.2, -0.15) is 0 Å². The monoisotopic (exact) mass is 357 g/mol. The number of ether oxygens (including phenoxy) is 1. The van der Waals surface area contributed by atoms with Crippen molar-refractivity contribution >= 4 is 45.0 Å². The highest BCUT2D eigenvalue weighted by molar-refractivity contribution is 9.10. The number of halogens is 2. The summed E-state index contributed by atoms with van der Waals surface area (Å²) < 4.78 is 6.61. The van der Waals surface area contributed by atoms with Crippen molar-refractivity contribution in [3.63, 3.8) is 0 Å². The molecular weight excluding hydrogens is 346 g/mol. The Morgan fingerprint density at radius 3 is 2.79 bits per heavy atom. The first-order valence-corrected chi connectivity index (χ1v) is 7.87. The van der Waals surface area contributed by atoms with Gasteiger partial charge in [0.2, 0.25) is 0 Å². The van der Waals surface area contributed by atoms with Gasteiger partial charge in [0.15, 0.2) is 0 Å². The van der Waals surface area contributed by atoms with Gasteiger partial charge in [-0.3, -0.25) is 0 Å². The minimum absolute atomic E-state index is 0.612. The van der Waals surface area contributed by atoms with Crippen LogP contribution < -0.4 is 10.5 Å². The second kappa shape index (κ2) is 7.08. The molecule has 0 spiro atoms. The summed E-state index contributed by atoms with van der Waals surface area (Å²) in [6.07, 6.45) is 0. The summed E-state index contributed by atoms with van der Waals surface area (Å²) >= 11 is 10.9. The van der Waals surface area contributed by atoms with E-state index in [1.807, 2.05) is 36.4 Å². The maximum Gasteiger partial charge on any atom is 0.120 e. The van der Waals surface area contributed by atoms with Crippen LogP contribution in [0.5, 0.6) is 5.75 Å². The number of nitrogens with two attached hydrogens (primary N) is 1. The normalized spacial score (nSPS) is 10.4. The van der Waals surface area contributed by atoms with E-state index in [9.17, 15) is 0 Å². The number of nitrogen functional groups attached to an aromatic ring is 1. The van der Waals surface area contributed by atoms with E-state index in [1.54, 1.807) is 17.8 Å². The molecule has 2 aromatic rings. The van der Waals surface area contributed by atoms with E-state index in [2.05, 4.69) is 15.9 Å². The summed E-state index contributed by atoms with van der Waals surface area (Å²) in [5.41, 5.74) is 6.71. The highest BCUT2D eigenvalue weighted by Crippen LogP contribution is 2.27. The predicted octanol–water partition coefficient (Wildman–Crippen LogP) is 4.86. The summed E-state index contributed by atoms with van der Waals surface area (Å²) in [5, 5.41) is 0.683. The lowest BCUT2D eigenvalue weighted by Crippen LogP contribution is -2.00. The summed E-state index contributed by atoms with van der Waals surface area (Å²) in [6.45, 7) is 0.612. The van der Waals surface area contributed by atoms with Crippen LogP contribution in [0.1, 0.15) is 0 Å². The zero-order valence-electron chi connectivity index (χ0n) is 10.1. The molecule has 0 amide bonds. The van der Waals surface area contributed by atoms with Crippen LogP contribution in [0.3, 0.4) is 0 Å². The van der Waals surface area contributed by atoms with Crippen molar-refractivity contribution in [2.75, 3.05) is 18.1 Å². The quantitative estimate of drug-likeness (QED) is 0.471. The van der Waals surface area contributed by atoms with Crippen LogP contribution in [-0.4, -0.2) is 12.4 Å². The average Bonchev–Trinajstić information content (AvgIpc) is 2.37. The van der Waals surface area contributed by atoms with Gasteiger partial charge in [-0.1, -0.05) is 33.6 Å². The minimum Gasteiger partial charge on any atom is -0.493 e. The number of thioether (sulfide) groups is 1. The smallest absolute Gasteiger partial charge is 0.120 e. The van der Waals surface area contributed by atoms with Crippen molar-refractivity contribution in [2.45, 2.75) is 4.90 Å². The average molecular weight is 359 g/mol. The van der Waals surface area contributed by atoms with E-state index in [4.69, 9.17) is 22.1 Å². The van der Waals surface area contributed by atoms with E-state index < -0.39 is 0 Å². The van der Waals surface area contributed by atoms with Crippen LogP contribution in [0, 0.1) is 0 Å². The fraction of sp³-hybridized carbons (Fsp3) is 0.143. The zero-order chi connectivity index (χ0) is 13.7. The highest BCUT2D eigenvalue weighted by atomic mass is 79.9. The third kappa shape index (κ3) is 4.64. The lowest BCUT2D eigenvalue weighted by Gasteiger charge is -2.08. The van der Waals surface area contributed by atoms with Crippen LogP contribution in [0.4, 0.5) is 5.69 Å². The molecular formula is C14H13BrClNOS. The maximum atomic E-state index is 5.93. The van der Waals surface area contributed by atoms with Crippen LogP contribution in [0.2, 0.25) is 5.02 Å². The molecule has 100 valence electrons.